The van der Waals surface area contributed by atoms with Crippen LogP contribution in [0.15, 0.2) is 17.4 Å². The van der Waals surface area contributed by atoms with Crippen LogP contribution in [-0.4, -0.2) is 30.6 Å². The lowest BCUT2D eigenvalue weighted by molar-refractivity contribution is -0.125. The molecule has 2 fully saturated rings. The number of nitroso groups, excluding NO2 is 1. The van der Waals surface area contributed by atoms with Gasteiger partial charge in [-0.05, 0) is 44.4 Å². The summed E-state index contributed by atoms with van der Waals surface area (Å²) < 4.78 is 0. The molecule has 118 valence electrons. The first-order valence-electron chi connectivity index (χ1n) is 8.22. The van der Waals surface area contributed by atoms with E-state index < -0.39 is 0 Å². The normalized spacial score (nSPS) is 25.2. The summed E-state index contributed by atoms with van der Waals surface area (Å²) in [6.45, 7) is 0.723. The monoisotopic (exact) mass is 293 g/mol. The molecule has 0 heterocycles. The van der Waals surface area contributed by atoms with Gasteiger partial charge in [-0.25, -0.2) is 0 Å². The molecule has 0 aromatic rings. The molecule has 2 saturated carbocycles. The third kappa shape index (κ3) is 5.48. The molecule has 0 bridgehead atoms. The lowest BCUT2D eigenvalue weighted by atomic mass is 10.1. The molecule has 0 unspecified atom stereocenters. The number of nitrogens with zero attached hydrogens (tertiary/aromatic N) is 2. The standard InChI is InChI=1S/C16H27N3O2/c1-19(18-21)11-7-3-2-4-10-14-12-15(14)17-16(20)13-8-5-6-9-13/h4,10,13-15H,2-3,5-9,11-12H2,1H3,(H,17,20)/b10-4+/t14-,15-/m1/s1. The van der Waals surface area contributed by atoms with E-state index in [9.17, 15) is 9.70 Å². The Morgan fingerprint density at radius 2 is 2.10 bits per heavy atom. The van der Waals surface area contributed by atoms with E-state index in [-0.39, 0.29) is 11.8 Å². The molecule has 0 radical (unpaired) electrons. The molecular weight excluding hydrogens is 266 g/mol. The maximum Gasteiger partial charge on any atom is 0.223 e. The number of rotatable bonds is 9. The van der Waals surface area contributed by atoms with E-state index in [4.69, 9.17) is 0 Å². The lowest BCUT2D eigenvalue weighted by Crippen LogP contribution is -2.31. The fourth-order valence-corrected chi connectivity index (χ4v) is 3.00. The first-order valence-corrected chi connectivity index (χ1v) is 8.22. The summed E-state index contributed by atoms with van der Waals surface area (Å²) in [4.78, 5) is 22.1. The summed E-state index contributed by atoms with van der Waals surface area (Å²) in [7, 11) is 1.70. The van der Waals surface area contributed by atoms with E-state index in [0.29, 0.717) is 12.0 Å². The van der Waals surface area contributed by atoms with Gasteiger partial charge in [0.2, 0.25) is 5.91 Å². The third-order valence-corrected chi connectivity index (χ3v) is 4.52. The zero-order chi connectivity index (χ0) is 15.1. The molecule has 2 atom stereocenters. The van der Waals surface area contributed by atoms with Crippen molar-refractivity contribution >= 4 is 5.91 Å². The number of nitrogens with one attached hydrogen (secondary N) is 1. The fraction of sp³-hybridized carbons (Fsp3) is 0.812. The number of unbranched alkanes of at least 4 members (excludes halogenated alkanes) is 2. The maximum atomic E-state index is 12.0. The van der Waals surface area contributed by atoms with Crippen LogP contribution < -0.4 is 5.32 Å². The van der Waals surface area contributed by atoms with Crippen LogP contribution in [0.2, 0.25) is 0 Å². The SMILES string of the molecule is CN(CCCC/C=C/[C@@H]1C[C@H]1NC(=O)C1CCCC1)N=O. The van der Waals surface area contributed by atoms with Gasteiger partial charge in [0.05, 0.1) is 5.29 Å². The summed E-state index contributed by atoms with van der Waals surface area (Å²) in [5.41, 5.74) is 0. The van der Waals surface area contributed by atoms with Gasteiger partial charge >= 0.3 is 0 Å². The molecule has 5 nitrogen and oxygen atoms in total. The number of carbonyl (C=O) groups is 1. The second kappa shape index (κ2) is 8.15. The van der Waals surface area contributed by atoms with Crippen LogP contribution in [0.4, 0.5) is 0 Å². The largest absolute Gasteiger partial charge is 0.353 e. The zero-order valence-corrected chi connectivity index (χ0v) is 13.0. The minimum atomic E-state index is 0.276. The van der Waals surface area contributed by atoms with Gasteiger partial charge in [0.1, 0.15) is 0 Å². The van der Waals surface area contributed by atoms with E-state index in [1.165, 1.54) is 17.9 Å². The fourth-order valence-electron chi connectivity index (χ4n) is 3.00. The quantitative estimate of drug-likeness (QED) is 0.308. The van der Waals surface area contributed by atoms with Crippen molar-refractivity contribution in [1.29, 1.82) is 0 Å². The maximum absolute atomic E-state index is 12.0. The van der Waals surface area contributed by atoms with Gasteiger partial charge in [0.15, 0.2) is 0 Å². The number of hydrogen-bond acceptors (Lipinski definition) is 3. The Kier molecular flexibility index (Phi) is 6.21. The van der Waals surface area contributed by atoms with Crippen LogP contribution in [0, 0.1) is 16.7 Å². The topological polar surface area (TPSA) is 61.8 Å². The van der Waals surface area contributed by atoms with Crippen molar-refractivity contribution in [2.75, 3.05) is 13.6 Å². The Balaban J connectivity index is 1.51. The van der Waals surface area contributed by atoms with Crippen LogP contribution in [0.25, 0.3) is 0 Å². The highest BCUT2D eigenvalue weighted by atomic mass is 16.3. The molecule has 2 aliphatic rings. The van der Waals surface area contributed by atoms with E-state index in [1.807, 2.05) is 0 Å². The molecule has 2 rings (SSSR count). The van der Waals surface area contributed by atoms with Crippen molar-refractivity contribution < 1.29 is 4.79 Å². The average Bonchev–Trinajstić information content (AvgIpc) is 3.00. The Morgan fingerprint density at radius 3 is 2.81 bits per heavy atom. The van der Waals surface area contributed by atoms with Crippen LogP contribution in [0.5, 0.6) is 0 Å². The van der Waals surface area contributed by atoms with E-state index in [2.05, 4.69) is 22.8 Å². The minimum Gasteiger partial charge on any atom is -0.353 e. The second-order valence-corrected chi connectivity index (χ2v) is 6.38. The van der Waals surface area contributed by atoms with Crippen molar-refractivity contribution in [3.05, 3.63) is 17.1 Å². The highest BCUT2D eigenvalue weighted by molar-refractivity contribution is 5.79. The van der Waals surface area contributed by atoms with Crippen molar-refractivity contribution in [2.24, 2.45) is 17.1 Å². The molecule has 1 amide bonds. The molecule has 0 spiro atoms. The van der Waals surface area contributed by atoms with Crippen LogP contribution in [0.1, 0.15) is 51.4 Å². The van der Waals surface area contributed by atoms with Gasteiger partial charge < -0.3 is 5.32 Å². The van der Waals surface area contributed by atoms with Gasteiger partial charge in [0, 0.05) is 25.6 Å². The Bertz CT molecular complexity index is 378. The number of allylic oxidation sites excluding steroid dienone is 1. The summed E-state index contributed by atoms with van der Waals surface area (Å²) in [6.07, 6.45) is 13.2. The van der Waals surface area contributed by atoms with Crippen molar-refractivity contribution in [2.45, 2.75) is 57.4 Å². The van der Waals surface area contributed by atoms with Gasteiger partial charge in [-0.3, -0.25) is 9.80 Å². The molecule has 0 aromatic heterocycles. The lowest BCUT2D eigenvalue weighted by Gasteiger charge is -2.09. The summed E-state index contributed by atoms with van der Waals surface area (Å²) in [5, 5.41) is 7.45. The number of hydrogen-bond donors (Lipinski definition) is 1. The van der Waals surface area contributed by atoms with Gasteiger partial charge in [0.25, 0.3) is 0 Å². The number of amides is 1. The van der Waals surface area contributed by atoms with E-state index in [0.717, 1.165) is 45.1 Å². The van der Waals surface area contributed by atoms with E-state index >= 15 is 0 Å². The highest BCUT2D eigenvalue weighted by Gasteiger charge is 2.37. The van der Waals surface area contributed by atoms with Crippen LogP contribution in [0.3, 0.4) is 0 Å². The smallest absolute Gasteiger partial charge is 0.223 e. The first-order chi connectivity index (χ1) is 10.2. The molecule has 0 aliphatic heterocycles. The first kappa shape index (κ1) is 16.0. The third-order valence-electron chi connectivity index (χ3n) is 4.52. The van der Waals surface area contributed by atoms with Crippen molar-refractivity contribution in [3.63, 3.8) is 0 Å². The Morgan fingerprint density at radius 1 is 1.33 bits per heavy atom. The minimum absolute atomic E-state index is 0.276. The summed E-state index contributed by atoms with van der Waals surface area (Å²) in [5.74, 6) is 1.09. The molecule has 0 saturated heterocycles. The molecule has 2 aliphatic carbocycles. The molecular formula is C16H27N3O2. The van der Waals surface area contributed by atoms with Gasteiger partial charge in [-0.2, -0.15) is 0 Å². The Hall–Kier alpha value is -1.39. The van der Waals surface area contributed by atoms with Gasteiger partial charge in [-0.1, -0.05) is 25.0 Å². The number of carbonyl (C=O) groups excluding carboxylic acids is 1. The average molecular weight is 293 g/mol. The predicted molar refractivity (Wildman–Crippen MR) is 83.4 cm³/mol. The van der Waals surface area contributed by atoms with Crippen LogP contribution >= 0.6 is 0 Å². The molecule has 0 aromatic carbocycles. The molecule has 21 heavy (non-hydrogen) atoms. The summed E-state index contributed by atoms with van der Waals surface area (Å²) in [6, 6.07) is 0.375. The Labute approximate surface area is 127 Å². The molecule has 1 N–H and O–H groups in total. The highest BCUT2D eigenvalue weighted by Crippen LogP contribution is 2.33. The predicted octanol–water partition coefficient (Wildman–Crippen LogP) is 3.02. The van der Waals surface area contributed by atoms with Crippen molar-refractivity contribution in [1.82, 2.24) is 10.3 Å². The second-order valence-electron chi connectivity index (χ2n) is 6.38. The van der Waals surface area contributed by atoms with Crippen molar-refractivity contribution in [3.8, 4) is 0 Å². The zero-order valence-electron chi connectivity index (χ0n) is 13.0. The van der Waals surface area contributed by atoms with Gasteiger partial charge in [-0.15, -0.1) is 4.91 Å². The summed E-state index contributed by atoms with van der Waals surface area (Å²) >= 11 is 0. The van der Waals surface area contributed by atoms with E-state index in [1.54, 1.807) is 7.05 Å². The van der Waals surface area contributed by atoms with Crippen LogP contribution in [-0.2, 0) is 4.79 Å². The molecule has 5 heteroatoms.